The lowest BCUT2D eigenvalue weighted by Crippen LogP contribution is -2.39. The maximum absolute atomic E-state index is 4.05. The van der Waals surface area contributed by atoms with Crippen LogP contribution in [0.3, 0.4) is 0 Å². The molecule has 0 aromatic carbocycles. The van der Waals surface area contributed by atoms with Crippen LogP contribution in [-0.4, -0.2) is 27.1 Å². The van der Waals surface area contributed by atoms with Crippen molar-refractivity contribution in [2.75, 3.05) is 12.8 Å². The van der Waals surface area contributed by atoms with E-state index in [-0.39, 0.29) is 0 Å². The predicted molar refractivity (Wildman–Crippen MR) is 70.9 cm³/mol. The Morgan fingerprint density at radius 1 is 1.44 bits per heavy atom. The molecule has 0 bridgehead atoms. The summed E-state index contributed by atoms with van der Waals surface area (Å²) in [6.45, 7) is 1.96. The summed E-state index contributed by atoms with van der Waals surface area (Å²) >= 11 is 3.46. The lowest BCUT2D eigenvalue weighted by molar-refractivity contribution is 0.379. The first-order valence-corrected chi connectivity index (χ1v) is 7.93. The van der Waals surface area contributed by atoms with E-state index in [0.717, 1.165) is 18.8 Å². The van der Waals surface area contributed by atoms with Crippen LogP contribution in [-0.2, 0) is 6.54 Å². The van der Waals surface area contributed by atoms with Crippen LogP contribution in [0.2, 0.25) is 0 Å². The summed E-state index contributed by atoms with van der Waals surface area (Å²) in [5.74, 6) is 0. The standard InChI is InChI=1S/C11H19N3S2/c1-15-11(5-3-2-4-6-11)9-12-7-10-8-16-14-13-10/h8,12H,2-7,9H2,1H3. The van der Waals surface area contributed by atoms with Crippen LogP contribution in [0, 0.1) is 0 Å². The molecule has 1 aromatic heterocycles. The minimum absolute atomic E-state index is 0.474. The second-order valence-corrected chi connectivity index (χ2v) is 6.33. The molecule has 2 rings (SSSR count). The molecule has 1 heterocycles. The van der Waals surface area contributed by atoms with Crippen LogP contribution in [0.15, 0.2) is 5.38 Å². The van der Waals surface area contributed by atoms with E-state index >= 15 is 0 Å². The largest absolute Gasteiger partial charge is 0.310 e. The number of hydrogen-bond acceptors (Lipinski definition) is 5. The van der Waals surface area contributed by atoms with E-state index in [4.69, 9.17) is 0 Å². The van der Waals surface area contributed by atoms with Crippen LogP contribution < -0.4 is 5.32 Å². The van der Waals surface area contributed by atoms with E-state index in [1.54, 1.807) is 0 Å². The van der Waals surface area contributed by atoms with Crippen molar-refractivity contribution in [1.82, 2.24) is 14.9 Å². The van der Waals surface area contributed by atoms with Gasteiger partial charge < -0.3 is 5.32 Å². The molecule has 0 aliphatic heterocycles. The molecular formula is C11H19N3S2. The Hall–Kier alpha value is -0.130. The second kappa shape index (κ2) is 5.98. The molecule has 0 amide bonds. The van der Waals surface area contributed by atoms with Crippen LogP contribution in [0.4, 0.5) is 0 Å². The average Bonchev–Trinajstić information content (AvgIpc) is 2.83. The Labute approximate surface area is 106 Å². The number of aromatic nitrogens is 2. The lowest BCUT2D eigenvalue weighted by Gasteiger charge is -2.35. The van der Waals surface area contributed by atoms with Gasteiger partial charge in [0.05, 0.1) is 5.69 Å². The van der Waals surface area contributed by atoms with E-state index in [9.17, 15) is 0 Å². The van der Waals surface area contributed by atoms with Gasteiger partial charge in [0.1, 0.15) is 0 Å². The smallest absolute Gasteiger partial charge is 0.0893 e. The van der Waals surface area contributed by atoms with Crippen molar-refractivity contribution in [1.29, 1.82) is 0 Å². The van der Waals surface area contributed by atoms with Gasteiger partial charge in [0.25, 0.3) is 0 Å². The third kappa shape index (κ3) is 3.18. The van der Waals surface area contributed by atoms with Crippen molar-refractivity contribution in [3.8, 4) is 0 Å². The fraction of sp³-hybridized carbons (Fsp3) is 0.818. The summed E-state index contributed by atoms with van der Waals surface area (Å²) in [4.78, 5) is 0. The Balaban J connectivity index is 1.78. The molecule has 3 nitrogen and oxygen atoms in total. The molecule has 1 fully saturated rings. The maximum Gasteiger partial charge on any atom is 0.0893 e. The van der Waals surface area contributed by atoms with Gasteiger partial charge in [0, 0.05) is 23.2 Å². The fourth-order valence-corrected chi connectivity index (χ4v) is 3.72. The summed E-state index contributed by atoms with van der Waals surface area (Å²) in [7, 11) is 0. The molecule has 1 saturated carbocycles. The minimum Gasteiger partial charge on any atom is -0.310 e. The fourth-order valence-electron chi connectivity index (χ4n) is 2.33. The molecule has 1 aromatic rings. The molecular weight excluding hydrogens is 238 g/mol. The first kappa shape index (κ1) is 12.3. The molecule has 16 heavy (non-hydrogen) atoms. The molecule has 1 aliphatic rings. The Bertz CT molecular complexity index is 294. The van der Waals surface area contributed by atoms with Crippen molar-refractivity contribution in [3.63, 3.8) is 0 Å². The van der Waals surface area contributed by atoms with Crippen LogP contribution >= 0.6 is 23.3 Å². The van der Waals surface area contributed by atoms with E-state index < -0.39 is 0 Å². The van der Waals surface area contributed by atoms with Gasteiger partial charge in [0.2, 0.25) is 0 Å². The SMILES string of the molecule is CSC1(CNCc2csnn2)CCCCC1. The first-order valence-electron chi connectivity index (χ1n) is 5.86. The third-order valence-corrected chi connectivity index (χ3v) is 5.33. The van der Waals surface area contributed by atoms with Crippen LogP contribution in [0.25, 0.3) is 0 Å². The van der Waals surface area contributed by atoms with E-state index in [1.165, 1.54) is 43.6 Å². The van der Waals surface area contributed by atoms with Gasteiger partial charge in [-0.05, 0) is 30.6 Å². The zero-order valence-corrected chi connectivity index (χ0v) is 11.4. The van der Waals surface area contributed by atoms with Crippen molar-refractivity contribution in [2.45, 2.75) is 43.4 Å². The topological polar surface area (TPSA) is 37.8 Å². The molecule has 0 radical (unpaired) electrons. The average molecular weight is 257 g/mol. The van der Waals surface area contributed by atoms with Crippen molar-refractivity contribution in [3.05, 3.63) is 11.1 Å². The first-order chi connectivity index (χ1) is 7.85. The van der Waals surface area contributed by atoms with Crippen molar-refractivity contribution < 1.29 is 0 Å². The number of nitrogens with one attached hydrogen (secondary N) is 1. The normalized spacial score (nSPS) is 19.8. The molecule has 0 atom stereocenters. The Morgan fingerprint density at radius 2 is 2.25 bits per heavy atom. The highest BCUT2D eigenvalue weighted by Crippen LogP contribution is 2.37. The third-order valence-electron chi connectivity index (χ3n) is 3.36. The molecule has 0 spiro atoms. The zero-order valence-electron chi connectivity index (χ0n) is 9.74. The summed E-state index contributed by atoms with van der Waals surface area (Å²) in [5.41, 5.74) is 1.07. The van der Waals surface area contributed by atoms with E-state index in [1.807, 2.05) is 17.1 Å². The van der Waals surface area contributed by atoms with Gasteiger partial charge in [0.15, 0.2) is 0 Å². The molecule has 1 N–H and O–H groups in total. The van der Waals surface area contributed by atoms with E-state index in [0.29, 0.717) is 4.75 Å². The molecule has 0 saturated heterocycles. The zero-order chi connectivity index (χ0) is 11.3. The van der Waals surface area contributed by atoms with Gasteiger partial charge in [-0.2, -0.15) is 11.8 Å². The summed E-state index contributed by atoms with van der Waals surface area (Å²) in [6, 6.07) is 0. The Morgan fingerprint density at radius 3 is 2.88 bits per heavy atom. The van der Waals surface area contributed by atoms with Crippen LogP contribution in [0.5, 0.6) is 0 Å². The maximum atomic E-state index is 4.05. The highest BCUT2D eigenvalue weighted by molar-refractivity contribution is 8.00. The number of hydrogen-bond donors (Lipinski definition) is 1. The summed E-state index contributed by atoms with van der Waals surface area (Å²) in [6.07, 6.45) is 9.16. The second-order valence-electron chi connectivity index (χ2n) is 4.45. The number of nitrogens with zero attached hydrogens (tertiary/aromatic N) is 2. The van der Waals surface area contributed by atoms with Gasteiger partial charge in [-0.25, -0.2) is 0 Å². The minimum atomic E-state index is 0.474. The van der Waals surface area contributed by atoms with Gasteiger partial charge in [-0.1, -0.05) is 23.8 Å². The van der Waals surface area contributed by atoms with Crippen molar-refractivity contribution >= 4 is 23.3 Å². The molecule has 5 heteroatoms. The molecule has 0 unspecified atom stereocenters. The highest BCUT2D eigenvalue weighted by Gasteiger charge is 2.30. The summed E-state index contributed by atoms with van der Waals surface area (Å²) in [5, 5.41) is 9.59. The van der Waals surface area contributed by atoms with Gasteiger partial charge >= 0.3 is 0 Å². The lowest BCUT2D eigenvalue weighted by atomic mass is 9.88. The monoisotopic (exact) mass is 257 g/mol. The van der Waals surface area contributed by atoms with E-state index in [2.05, 4.69) is 21.2 Å². The van der Waals surface area contributed by atoms with Crippen molar-refractivity contribution in [2.24, 2.45) is 0 Å². The van der Waals surface area contributed by atoms with Gasteiger partial charge in [-0.3, -0.25) is 0 Å². The molecule has 1 aliphatic carbocycles. The number of thioether (sulfide) groups is 1. The number of rotatable bonds is 5. The van der Waals surface area contributed by atoms with Gasteiger partial charge in [-0.15, -0.1) is 5.10 Å². The molecule has 90 valence electrons. The highest BCUT2D eigenvalue weighted by atomic mass is 32.2. The quantitative estimate of drug-likeness (QED) is 0.880. The predicted octanol–water partition coefficient (Wildman–Crippen LogP) is 2.69. The Kier molecular flexibility index (Phi) is 4.61. The van der Waals surface area contributed by atoms with Crippen LogP contribution in [0.1, 0.15) is 37.8 Å². The summed E-state index contributed by atoms with van der Waals surface area (Å²) < 4.78 is 4.35.